The number of rotatable bonds is 3. The molecule has 0 saturated carbocycles. The van der Waals surface area contributed by atoms with Gasteiger partial charge in [0.25, 0.3) is 0 Å². The van der Waals surface area contributed by atoms with Crippen LogP contribution in [-0.2, 0) is 4.79 Å². The Morgan fingerprint density at radius 1 is 1.62 bits per heavy atom. The van der Waals surface area contributed by atoms with Gasteiger partial charge in [0, 0.05) is 44.6 Å². The van der Waals surface area contributed by atoms with Gasteiger partial charge in [-0.15, -0.1) is 0 Å². The minimum absolute atomic E-state index is 0. The first-order valence-corrected chi connectivity index (χ1v) is 2.49. The van der Waals surface area contributed by atoms with E-state index in [2.05, 4.69) is 0 Å². The second-order valence-electron chi connectivity index (χ2n) is 1.50. The van der Waals surface area contributed by atoms with Crippen molar-refractivity contribution in [3.8, 4) is 0 Å². The molecule has 0 spiro atoms. The molecule has 0 heterocycles. The van der Waals surface area contributed by atoms with Gasteiger partial charge in [-0.3, -0.25) is 4.79 Å². The van der Waals surface area contributed by atoms with Gasteiger partial charge in [-0.05, 0) is 6.42 Å². The monoisotopic (exact) mass is 266 g/mol. The molecule has 3 heteroatoms. The van der Waals surface area contributed by atoms with E-state index >= 15 is 0 Å². The van der Waals surface area contributed by atoms with Crippen LogP contribution in [0.3, 0.4) is 0 Å². The fraction of sp³-hybridized carbons (Fsp3) is 0.800. The quantitative estimate of drug-likeness (QED) is 0.833. The predicted molar refractivity (Wildman–Crippen MR) is 27.2 cm³/mol. The van der Waals surface area contributed by atoms with Crippen LogP contribution in [0, 0.1) is 38.2 Å². The van der Waals surface area contributed by atoms with Gasteiger partial charge in [-0.25, -0.2) is 0 Å². The molecule has 0 radical (unpaired) electrons. The Hall–Kier alpha value is 0.743. The Labute approximate surface area is 79.7 Å². The standard InChI is InChI=1S/C5H10O2.Dy/c1-2-3-4-5(6)7;/h2-4H2,1H3,(H,6,7);. The average Bonchev–Trinajstić information content (AvgIpc) is 1.61. The molecule has 0 aliphatic heterocycles. The van der Waals surface area contributed by atoms with E-state index in [1.807, 2.05) is 6.92 Å². The molecule has 0 aliphatic rings. The average molecular weight is 265 g/mol. The number of unbranched alkanes of at least 4 members (excludes halogenated alkanes) is 1. The Morgan fingerprint density at radius 2 is 2.12 bits per heavy atom. The Kier molecular flexibility index (Phi) is 11.2. The molecule has 0 unspecified atom stereocenters. The van der Waals surface area contributed by atoms with Gasteiger partial charge in [0.05, 0.1) is 0 Å². The molecule has 8 heavy (non-hydrogen) atoms. The molecular weight excluding hydrogens is 255 g/mol. The third-order valence-electron chi connectivity index (χ3n) is 0.744. The molecule has 0 aromatic carbocycles. The first-order chi connectivity index (χ1) is 3.27. The summed E-state index contributed by atoms with van der Waals surface area (Å²) in [5.41, 5.74) is 0. The summed E-state index contributed by atoms with van der Waals surface area (Å²) in [6, 6.07) is 0. The zero-order valence-corrected chi connectivity index (χ0v) is 6.82. The van der Waals surface area contributed by atoms with Crippen molar-refractivity contribution in [2.24, 2.45) is 0 Å². The van der Waals surface area contributed by atoms with E-state index in [-0.39, 0.29) is 38.2 Å². The minimum atomic E-state index is -0.693. The SMILES string of the molecule is CCCCC(=O)O.[Dy]. The van der Waals surface area contributed by atoms with Crippen LogP contribution in [0.5, 0.6) is 0 Å². The van der Waals surface area contributed by atoms with Crippen LogP contribution in [0.1, 0.15) is 26.2 Å². The summed E-state index contributed by atoms with van der Waals surface area (Å²) in [5.74, 6) is -0.693. The summed E-state index contributed by atoms with van der Waals surface area (Å²) in [6.45, 7) is 1.98. The maximum absolute atomic E-state index is 9.76. The fourth-order valence-corrected chi connectivity index (χ4v) is 0.328. The molecule has 2 nitrogen and oxygen atoms in total. The van der Waals surface area contributed by atoms with Gasteiger partial charge >= 0.3 is 5.97 Å². The van der Waals surface area contributed by atoms with Gasteiger partial charge < -0.3 is 5.11 Å². The number of carboxylic acid groups (broad SMARTS) is 1. The largest absolute Gasteiger partial charge is 0.481 e. The zero-order chi connectivity index (χ0) is 5.70. The molecule has 0 atom stereocenters. The predicted octanol–water partition coefficient (Wildman–Crippen LogP) is 1.26. The van der Waals surface area contributed by atoms with Gasteiger partial charge in [0.1, 0.15) is 0 Å². The maximum Gasteiger partial charge on any atom is 0.303 e. The van der Waals surface area contributed by atoms with Gasteiger partial charge in [0.15, 0.2) is 0 Å². The Bertz CT molecular complexity index is 63.4. The van der Waals surface area contributed by atoms with E-state index in [0.717, 1.165) is 12.8 Å². The second kappa shape index (κ2) is 7.74. The summed E-state index contributed by atoms with van der Waals surface area (Å²) >= 11 is 0. The summed E-state index contributed by atoms with van der Waals surface area (Å²) < 4.78 is 0. The van der Waals surface area contributed by atoms with E-state index in [1.54, 1.807) is 0 Å². The molecule has 0 rings (SSSR count). The normalized spacial score (nSPS) is 7.62. The third kappa shape index (κ3) is 9.89. The first kappa shape index (κ1) is 11.5. The third-order valence-corrected chi connectivity index (χ3v) is 0.744. The zero-order valence-electron chi connectivity index (χ0n) is 4.79. The van der Waals surface area contributed by atoms with Crippen LogP contribution >= 0.6 is 0 Å². The van der Waals surface area contributed by atoms with Crippen LogP contribution in [-0.4, -0.2) is 11.1 Å². The molecule has 1 N–H and O–H groups in total. The Balaban J connectivity index is 0. The molecule has 52 valence electrons. The van der Waals surface area contributed by atoms with E-state index in [0.29, 0.717) is 6.42 Å². The van der Waals surface area contributed by atoms with E-state index in [4.69, 9.17) is 5.11 Å². The van der Waals surface area contributed by atoms with E-state index < -0.39 is 5.97 Å². The van der Waals surface area contributed by atoms with Crippen molar-refractivity contribution < 1.29 is 48.1 Å². The number of carbonyl (C=O) groups is 1. The van der Waals surface area contributed by atoms with Crippen molar-refractivity contribution in [2.75, 3.05) is 0 Å². The van der Waals surface area contributed by atoms with Crippen molar-refractivity contribution in [2.45, 2.75) is 26.2 Å². The van der Waals surface area contributed by atoms with Crippen LogP contribution in [0.2, 0.25) is 0 Å². The summed E-state index contributed by atoms with van der Waals surface area (Å²) in [7, 11) is 0. The van der Waals surface area contributed by atoms with Gasteiger partial charge in [0.2, 0.25) is 0 Å². The van der Waals surface area contributed by atoms with Gasteiger partial charge in [-0.2, -0.15) is 0 Å². The van der Waals surface area contributed by atoms with Crippen LogP contribution < -0.4 is 0 Å². The summed E-state index contributed by atoms with van der Waals surface area (Å²) in [4.78, 5) is 9.76. The fourth-order valence-electron chi connectivity index (χ4n) is 0.328. The van der Waals surface area contributed by atoms with Crippen molar-refractivity contribution >= 4 is 5.97 Å². The molecule has 0 aromatic heterocycles. The summed E-state index contributed by atoms with van der Waals surface area (Å²) in [5, 5.41) is 8.04. The molecule has 0 aromatic rings. The summed E-state index contributed by atoms with van der Waals surface area (Å²) in [6.07, 6.45) is 2.08. The molecule has 0 saturated heterocycles. The molecule has 0 amide bonds. The Morgan fingerprint density at radius 3 is 2.25 bits per heavy atom. The van der Waals surface area contributed by atoms with Crippen LogP contribution in [0.25, 0.3) is 0 Å². The smallest absolute Gasteiger partial charge is 0.303 e. The number of aliphatic carboxylic acids is 1. The van der Waals surface area contributed by atoms with Crippen LogP contribution in [0.15, 0.2) is 0 Å². The molecule has 0 fully saturated rings. The van der Waals surface area contributed by atoms with Gasteiger partial charge in [-0.1, -0.05) is 13.3 Å². The van der Waals surface area contributed by atoms with E-state index in [1.165, 1.54) is 0 Å². The van der Waals surface area contributed by atoms with Crippen LogP contribution in [0.4, 0.5) is 0 Å². The molecule has 0 bridgehead atoms. The van der Waals surface area contributed by atoms with Crippen molar-refractivity contribution in [1.29, 1.82) is 0 Å². The second-order valence-corrected chi connectivity index (χ2v) is 1.50. The minimum Gasteiger partial charge on any atom is -0.481 e. The first-order valence-electron chi connectivity index (χ1n) is 2.49. The number of hydrogen-bond acceptors (Lipinski definition) is 1. The number of carboxylic acids is 1. The molecular formula is C5H10DyO2. The number of hydrogen-bond donors (Lipinski definition) is 1. The maximum atomic E-state index is 9.76. The van der Waals surface area contributed by atoms with E-state index in [9.17, 15) is 4.79 Å². The van der Waals surface area contributed by atoms with Crippen molar-refractivity contribution in [3.05, 3.63) is 0 Å². The van der Waals surface area contributed by atoms with Crippen molar-refractivity contribution in [3.63, 3.8) is 0 Å². The topological polar surface area (TPSA) is 37.3 Å². The molecule has 0 aliphatic carbocycles. The van der Waals surface area contributed by atoms with Crippen molar-refractivity contribution in [1.82, 2.24) is 0 Å².